The molecular weight excluding hydrogens is 240 g/mol. The van der Waals surface area contributed by atoms with E-state index in [1.807, 2.05) is 24.3 Å². The lowest BCUT2D eigenvalue weighted by Gasteiger charge is -2.18. The van der Waals surface area contributed by atoms with Crippen LogP contribution in [0.4, 0.5) is 0 Å². The minimum absolute atomic E-state index is 0.276. The molecule has 2 aromatic rings. The summed E-state index contributed by atoms with van der Waals surface area (Å²) in [4.78, 5) is 11.7. The minimum atomic E-state index is -0.276. The SMILES string of the molecule is COc1ccccc1-c1oc(=O)cc2c1CCCC2. The third-order valence-electron chi connectivity index (χ3n) is 3.63. The molecule has 19 heavy (non-hydrogen) atoms. The van der Waals surface area contributed by atoms with Crippen molar-refractivity contribution in [2.45, 2.75) is 25.7 Å². The zero-order chi connectivity index (χ0) is 13.2. The molecule has 0 atom stereocenters. The molecule has 1 aromatic heterocycles. The molecule has 1 heterocycles. The first-order valence-corrected chi connectivity index (χ1v) is 6.59. The van der Waals surface area contributed by atoms with Gasteiger partial charge in [-0.1, -0.05) is 12.1 Å². The number of benzene rings is 1. The summed E-state index contributed by atoms with van der Waals surface area (Å²) in [6.07, 6.45) is 4.21. The summed E-state index contributed by atoms with van der Waals surface area (Å²) in [6, 6.07) is 9.30. The number of methoxy groups -OCH3 is 1. The Hall–Kier alpha value is -2.03. The number of aryl methyl sites for hydroxylation is 1. The second kappa shape index (κ2) is 4.92. The third-order valence-corrected chi connectivity index (χ3v) is 3.63. The Morgan fingerprint density at radius 1 is 1.16 bits per heavy atom. The van der Waals surface area contributed by atoms with Gasteiger partial charge in [0, 0.05) is 6.07 Å². The van der Waals surface area contributed by atoms with Gasteiger partial charge in [-0.15, -0.1) is 0 Å². The Morgan fingerprint density at radius 2 is 1.95 bits per heavy atom. The van der Waals surface area contributed by atoms with E-state index in [-0.39, 0.29) is 5.63 Å². The Bertz CT molecular complexity index is 655. The monoisotopic (exact) mass is 256 g/mol. The first-order chi connectivity index (χ1) is 9.29. The molecule has 0 aliphatic heterocycles. The van der Waals surface area contributed by atoms with E-state index >= 15 is 0 Å². The van der Waals surface area contributed by atoms with Crippen molar-refractivity contribution < 1.29 is 9.15 Å². The highest BCUT2D eigenvalue weighted by molar-refractivity contribution is 5.69. The Balaban J connectivity index is 2.24. The molecule has 3 nitrogen and oxygen atoms in total. The van der Waals surface area contributed by atoms with Gasteiger partial charge in [0.2, 0.25) is 0 Å². The lowest BCUT2D eigenvalue weighted by Crippen LogP contribution is -2.11. The average molecular weight is 256 g/mol. The smallest absolute Gasteiger partial charge is 0.336 e. The van der Waals surface area contributed by atoms with E-state index in [1.54, 1.807) is 13.2 Å². The number of fused-ring (bicyclic) bond motifs is 1. The molecule has 1 aromatic carbocycles. The minimum Gasteiger partial charge on any atom is -0.496 e. The van der Waals surface area contributed by atoms with E-state index < -0.39 is 0 Å². The molecule has 98 valence electrons. The van der Waals surface area contributed by atoms with Crippen molar-refractivity contribution in [3.05, 3.63) is 51.9 Å². The lowest BCUT2D eigenvalue weighted by molar-refractivity contribution is 0.413. The molecule has 0 saturated heterocycles. The molecule has 0 N–H and O–H groups in total. The fraction of sp³-hybridized carbons (Fsp3) is 0.312. The maximum Gasteiger partial charge on any atom is 0.336 e. The van der Waals surface area contributed by atoms with Crippen LogP contribution in [-0.2, 0) is 12.8 Å². The van der Waals surface area contributed by atoms with Gasteiger partial charge in [-0.3, -0.25) is 0 Å². The molecule has 0 saturated carbocycles. The van der Waals surface area contributed by atoms with Gasteiger partial charge in [-0.2, -0.15) is 0 Å². The van der Waals surface area contributed by atoms with Crippen molar-refractivity contribution >= 4 is 0 Å². The molecule has 3 rings (SSSR count). The van der Waals surface area contributed by atoms with Crippen LogP contribution in [0.5, 0.6) is 5.75 Å². The van der Waals surface area contributed by atoms with Gasteiger partial charge in [-0.05, 0) is 48.9 Å². The highest BCUT2D eigenvalue weighted by Gasteiger charge is 2.19. The molecule has 0 radical (unpaired) electrons. The number of hydrogen-bond acceptors (Lipinski definition) is 3. The first kappa shape index (κ1) is 12.0. The number of ether oxygens (including phenoxy) is 1. The highest BCUT2D eigenvalue weighted by Crippen LogP contribution is 2.35. The summed E-state index contributed by atoms with van der Waals surface area (Å²) in [5, 5.41) is 0. The van der Waals surface area contributed by atoms with Gasteiger partial charge in [0.05, 0.1) is 12.7 Å². The molecule has 0 amide bonds. The molecule has 3 heteroatoms. The molecule has 1 aliphatic carbocycles. The molecule has 0 unspecified atom stereocenters. The standard InChI is InChI=1S/C16H16O3/c1-18-14-9-5-4-8-13(14)16-12-7-3-2-6-11(12)10-15(17)19-16/h4-5,8-10H,2-3,6-7H2,1H3. The normalized spacial score (nSPS) is 13.9. The van der Waals surface area contributed by atoms with Crippen LogP contribution >= 0.6 is 0 Å². The van der Waals surface area contributed by atoms with Gasteiger partial charge in [0.1, 0.15) is 11.5 Å². The quantitative estimate of drug-likeness (QED) is 0.828. The van der Waals surface area contributed by atoms with Crippen molar-refractivity contribution in [3.63, 3.8) is 0 Å². The Morgan fingerprint density at radius 3 is 2.79 bits per heavy atom. The maximum atomic E-state index is 11.7. The van der Waals surface area contributed by atoms with Gasteiger partial charge in [0.15, 0.2) is 0 Å². The topological polar surface area (TPSA) is 39.4 Å². The van der Waals surface area contributed by atoms with Crippen LogP contribution in [0.15, 0.2) is 39.5 Å². The van der Waals surface area contributed by atoms with E-state index in [0.29, 0.717) is 5.76 Å². The third kappa shape index (κ3) is 2.16. The predicted octanol–water partition coefficient (Wildman–Crippen LogP) is 3.19. The van der Waals surface area contributed by atoms with Crippen molar-refractivity contribution in [1.82, 2.24) is 0 Å². The molecule has 1 aliphatic rings. The summed E-state index contributed by atoms with van der Waals surface area (Å²) in [5.74, 6) is 1.42. The molecule has 0 bridgehead atoms. The fourth-order valence-corrected chi connectivity index (χ4v) is 2.73. The highest BCUT2D eigenvalue weighted by atomic mass is 16.5. The number of hydrogen-bond donors (Lipinski definition) is 0. The Labute approximate surface area is 111 Å². The van der Waals surface area contributed by atoms with Gasteiger partial charge in [-0.25, -0.2) is 4.79 Å². The van der Waals surface area contributed by atoms with Crippen LogP contribution in [-0.4, -0.2) is 7.11 Å². The van der Waals surface area contributed by atoms with Crippen molar-refractivity contribution in [2.75, 3.05) is 7.11 Å². The zero-order valence-electron chi connectivity index (χ0n) is 10.9. The van der Waals surface area contributed by atoms with E-state index in [2.05, 4.69) is 0 Å². The van der Waals surface area contributed by atoms with E-state index in [1.165, 1.54) is 0 Å². The average Bonchev–Trinajstić information content (AvgIpc) is 2.46. The Kier molecular flexibility index (Phi) is 3.11. The van der Waals surface area contributed by atoms with Crippen LogP contribution in [0.2, 0.25) is 0 Å². The van der Waals surface area contributed by atoms with Gasteiger partial charge in [0.25, 0.3) is 0 Å². The summed E-state index contributed by atoms with van der Waals surface area (Å²) >= 11 is 0. The van der Waals surface area contributed by atoms with Crippen LogP contribution in [0.3, 0.4) is 0 Å². The second-order valence-corrected chi connectivity index (χ2v) is 4.81. The van der Waals surface area contributed by atoms with E-state index in [4.69, 9.17) is 9.15 Å². The van der Waals surface area contributed by atoms with E-state index in [9.17, 15) is 4.79 Å². The largest absolute Gasteiger partial charge is 0.496 e. The van der Waals surface area contributed by atoms with Crippen LogP contribution < -0.4 is 10.4 Å². The zero-order valence-corrected chi connectivity index (χ0v) is 10.9. The number of para-hydroxylation sites is 1. The molecule has 0 fully saturated rings. The van der Waals surface area contributed by atoms with Crippen LogP contribution in [0.1, 0.15) is 24.0 Å². The summed E-state index contributed by atoms with van der Waals surface area (Å²) in [5.41, 5.74) is 2.88. The predicted molar refractivity (Wildman–Crippen MR) is 73.6 cm³/mol. The lowest BCUT2D eigenvalue weighted by atomic mass is 9.90. The van der Waals surface area contributed by atoms with Crippen molar-refractivity contribution in [2.24, 2.45) is 0 Å². The van der Waals surface area contributed by atoms with Gasteiger partial charge < -0.3 is 9.15 Å². The van der Waals surface area contributed by atoms with Crippen molar-refractivity contribution in [3.8, 4) is 17.1 Å². The maximum absolute atomic E-state index is 11.7. The first-order valence-electron chi connectivity index (χ1n) is 6.59. The van der Waals surface area contributed by atoms with E-state index in [0.717, 1.165) is 48.1 Å². The van der Waals surface area contributed by atoms with Crippen LogP contribution in [0, 0.1) is 0 Å². The van der Waals surface area contributed by atoms with Crippen molar-refractivity contribution in [1.29, 1.82) is 0 Å². The second-order valence-electron chi connectivity index (χ2n) is 4.81. The summed E-state index contributed by atoms with van der Waals surface area (Å²) < 4.78 is 10.8. The summed E-state index contributed by atoms with van der Waals surface area (Å²) in [7, 11) is 1.63. The number of rotatable bonds is 2. The molecular formula is C16H16O3. The van der Waals surface area contributed by atoms with Gasteiger partial charge >= 0.3 is 5.63 Å². The summed E-state index contributed by atoms with van der Waals surface area (Å²) in [6.45, 7) is 0. The van der Waals surface area contributed by atoms with Crippen LogP contribution in [0.25, 0.3) is 11.3 Å². The fourth-order valence-electron chi connectivity index (χ4n) is 2.73. The molecule has 0 spiro atoms.